The van der Waals surface area contributed by atoms with Crippen molar-refractivity contribution in [3.05, 3.63) is 35.4 Å². The minimum atomic E-state index is -0.862. The maximum atomic E-state index is 13.5. The molecular formula is C24H36F2O2. The summed E-state index contributed by atoms with van der Waals surface area (Å²) in [6.07, 6.45) is 12.6. The Hall–Kier alpha value is -1.45. The molecule has 0 saturated heterocycles. The zero-order valence-electron chi connectivity index (χ0n) is 17.5. The number of carbonyl (C=O) groups excluding carboxylic acids is 1. The fraction of sp³-hybridized carbons (Fsp3) is 0.708. The standard InChI is InChI=1S/C24H36F2O2/c1-3-7-18-10-12-19(13-11-18)8-5-6-9-21(24(27)28-4-2)16-20-14-15-22(25)23(26)17-20/h14-15,17-19,21H,3-13,16H2,1-2H3. The first kappa shape index (κ1) is 22.8. The van der Waals surface area contributed by atoms with Gasteiger partial charge in [-0.25, -0.2) is 8.78 Å². The van der Waals surface area contributed by atoms with E-state index in [1.54, 1.807) is 13.0 Å². The molecular weight excluding hydrogens is 358 g/mol. The van der Waals surface area contributed by atoms with Gasteiger partial charge in [0.25, 0.3) is 0 Å². The Morgan fingerprint density at radius 2 is 1.71 bits per heavy atom. The Labute approximate surface area is 169 Å². The van der Waals surface area contributed by atoms with Gasteiger partial charge in [0.1, 0.15) is 0 Å². The molecule has 0 radical (unpaired) electrons. The molecule has 0 aliphatic heterocycles. The van der Waals surface area contributed by atoms with Gasteiger partial charge in [-0.2, -0.15) is 0 Å². The SMILES string of the molecule is CCCC1CCC(CCCCC(Cc2ccc(F)c(F)c2)C(=O)OCC)CC1. The van der Waals surface area contributed by atoms with Crippen molar-refractivity contribution in [2.24, 2.45) is 17.8 Å². The van der Waals surface area contributed by atoms with Crippen LogP contribution in [0.2, 0.25) is 0 Å². The molecule has 2 nitrogen and oxygen atoms in total. The summed E-state index contributed by atoms with van der Waals surface area (Å²) in [6, 6.07) is 3.87. The Kier molecular flexibility index (Phi) is 9.94. The Bertz CT molecular complexity index is 594. The van der Waals surface area contributed by atoms with Crippen LogP contribution in [0.25, 0.3) is 0 Å². The van der Waals surface area contributed by atoms with Crippen LogP contribution in [0.3, 0.4) is 0 Å². The Balaban J connectivity index is 1.77. The number of hydrogen-bond donors (Lipinski definition) is 0. The maximum absolute atomic E-state index is 13.5. The number of benzene rings is 1. The zero-order valence-corrected chi connectivity index (χ0v) is 17.5. The summed E-state index contributed by atoms with van der Waals surface area (Å²) in [6.45, 7) is 4.40. The summed E-state index contributed by atoms with van der Waals surface area (Å²) in [5.41, 5.74) is 0.645. The number of esters is 1. The highest BCUT2D eigenvalue weighted by atomic mass is 19.2. The van der Waals surface area contributed by atoms with Crippen LogP contribution in [0.1, 0.15) is 83.6 Å². The van der Waals surface area contributed by atoms with Crippen molar-refractivity contribution in [3.8, 4) is 0 Å². The van der Waals surface area contributed by atoms with E-state index in [9.17, 15) is 13.6 Å². The molecule has 158 valence electrons. The highest BCUT2D eigenvalue weighted by Gasteiger charge is 2.22. The lowest BCUT2D eigenvalue weighted by Gasteiger charge is -2.28. The van der Waals surface area contributed by atoms with E-state index >= 15 is 0 Å². The zero-order chi connectivity index (χ0) is 20.4. The van der Waals surface area contributed by atoms with E-state index in [1.165, 1.54) is 51.0 Å². The molecule has 0 bridgehead atoms. The highest BCUT2D eigenvalue weighted by Crippen LogP contribution is 2.34. The van der Waals surface area contributed by atoms with E-state index < -0.39 is 11.6 Å². The Morgan fingerprint density at radius 3 is 2.32 bits per heavy atom. The molecule has 2 rings (SSSR count). The molecule has 1 aromatic rings. The van der Waals surface area contributed by atoms with Crippen molar-refractivity contribution in [2.75, 3.05) is 6.61 Å². The topological polar surface area (TPSA) is 26.3 Å². The van der Waals surface area contributed by atoms with E-state index in [2.05, 4.69) is 6.92 Å². The van der Waals surface area contributed by atoms with Gasteiger partial charge >= 0.3 is 5.97 Å². The van der Waals surface area contributed by atoms with Gasteiger partial charge < -0.3 is 4.74 Å². The quantitative estimate of drug-likeness (QED) is 0.303. The van der Waals surface area contributed by atoms with Gasteiger partial charge in [0, 0.05) is 0 Å². The van der Waals surface area contributed by atoms with Crippen LogP contribution < -0.4 is 0 Å². The van der Waals surface area contributed by atoms with Crippen LogP contribution >= 0.6 is 0 Å². The van der Waals surface area contributed by atoms with E-state index in [1.807, 2.05) is 0 Å². The van der Waals surface area contributed by atoms with Crippen LogP contribution in [0.5, 0.6) is 0 Å². The highest BCUT2D eigenvalue weighted by molar-refractivity contribution is 5.72. The molecule has 0 amide bonds. The van der Waals surface area contributed by atoms with Gasteiger partial charge in [0.05, 0.1) is 12.5 Å². The molecule has 28 heavy (non-hydrogen) atoms. The predicted molar refractivity (Wildman–Crippen MR) is 109 cm³/mol. The molecule has 4 heteroatoms. The normalized spacial score (nSPS) is 20.7. The maximum Gasteiger partial charge on any atom is 0.309 e. The van der Waals surface area contributed by atoms with Crippen LogP contribution in [0.4, 0.5) is 8.78 Å². The smallest absolute Gasteiger partial charge is 0.309 e. The molecule has 1 fully saturated rings. The van der Waals surface area contributed by atoms with Gasteiger partial charge in [-0.15, -0.1) is 0 Å². The lowest BCUT2D eigenvalue weighted by molar-refractivity contribution is -0.148. The summed E-state index contributed by atoms with van der Waals surface area (Å²) in [5.74, 6) is -0.466. The minimum Gasteiger partial charge on any atom is -0.466 e. The molecule has 0 heterocycles. The third kappa shape index (κ3) is 7.52. The first-order chi connectivity index (χ1) is 13.5. The van der Waals surface area contributed by atoms with Gasteiger partial charge in [-0.05, 0) is 49.3 Å². The van der Waals surface area contributed by atoms with E-state index in [0.29, 0.717) is 18.6 Å². The molecule has 0 aromatic heterocycles. The van der Waals surface area contributed by atoms with Crippen molar-refractivity contribution in [1.82, 2.24) is 0 Å². The first-order valence-corrected chi connectivity index (χ1v) is 11.1. The average Bonchev–Trinajstić information content (AvgIpc) is 2.68. The van der Waals surface area contributed by atoms with Gasteiger partial charge in [-0.1, -0.05) is 70.8 Å². The summed E-state index contributed by atoms with van der Waals surface area (Å²) in [5, 5.41) is 0. The predicted octanol–water partition coefficient (Wildman–Crippen LogP) is 6.85. The molecule has 0 N–H and O–H groups in total. The molecule has 0 spiro atoms. The average molecular weight is 395 g/mol. The van der Waals surface area contributed by atoms with Gasteiger partial charge in [0.2, 0.25) is 0 Å². The third-order valence-corrected chi connectivity index (χ3v) is 6.16. The minimum absolute atomic E-state index is 0.229. The third-order valence-electron chi connectivity index (χ3n) is 6.16. The number of ether oxygens (including phenoxy) is 1. The van der Waals surface area contributed by atoms with Crippen LogP contribution in [0, 0.1) is 29.4 Å². The lowest BCUT2D eigenvalue weighted by atomic mass is 9.78. The summed E-state index contributed by atoms with van der Waals surface area (Å²) in [4.78, 5) is 12.3. The number of rotatable bonds is 11. The largest absolute Gasteiger partial charge is 0.466 e. The monoisotopic (exact) mass is 394 g/mol. The number of carbonyl (C=O) groups is 1. The molecule has 1 aromatic carbocycles. The van der Waals surface area contributed by atoms with Crippen molar-refractivity contribution in [1.29, 1.82) is 0 Å². The molecule has 1 aliphatic rings. The lowest BCUT2D eigenvalue weighted by Crippen LogP contribution is -2.20. The van der Waals surface area contributed by atoms with Gasteiger partial charge in [0.15, 0.2) is 11.6 Å². The van der Waals surface area contributed by atoms with Crippen LogP contribution in [0.15, 0.2) is 18.2 Å². The number of hydrogen-bond acceptors (Lipinski definition) is 2. The van der Waals surface area contributed by atoms with Crippen molar-refractivity contribution in [2.45, 2.75) is 84.5 Å². The Morgan fingerprint density at radius 1 is 1.04 bits per heavy atom. The fourth-order valence-electron chi connectivity index (χ4n) is 4.56. The molecule has 1 aliphatic carbocycles. The van der Waals surface area contributed by atoms with Crippen molar-refractivity contribution >= 4 is 5.97 Å². The van der Waals surface area contributed by atoms with Crippen LogP contribution in [-0.4, -0.2) is 12.6 Å². The summed E-state index contributed by atoms with van der Waals surface area (Å²) in [7, 11) is 0. The van der Waals surface area contributed by atoms with Gasteiger partial charge in [-0.3, -0.25) is 4.79 Å². The second kappa shape index (κ2) is 12.2. The van der Waals surface area contributed by atoms with Crippen molar-refractivity contribution < 1.29 is 18.3 Å². The van der Waals surface area contributed by atoms with E-state index in [-0.39, 0.29) is 11.9 Å². The number of unbranched alkanes of at least 4 members (excludes halogenated alkanes) is 1. The fourth-order valence-corrected chi connectivity index (χ4v) is 4.56. The van der Waals surface area contributed by atoms with Crippen LogP contribution in [-0.2, 0) is 16.0 Å². The molecule has 1 atom stereocenters. The summed E-state index contributed by atoms with van der Waals surface area (Å²) >= 11 is 0. The van der Waals surface area contributed by atoms with E-state index in [4.69, 9.17) is 4.74 Å². The van der Waals surface area contributed by atoms with E-state index in [0.717, 1.165) is 37.2 Å². The molecule has 1 saturated carbocycles. The first-order valence-electron chi connectivity index (χ1n) is 11.1. The molecule has 1 unspecified atom stereocenters. The second-order valence-corrected chi connectivity index (χ2v) is 8.36. The second-order valence-electron chi connectivity index (χ2n) is 8.36. The van der Waals surface area contributed by atoms with Crippen molar-refractivity contribution in [3.63, 3.8) is 0 Å². The summed E-state index contributed by atoms with van der Waals surface area (Å²) < 4.78 is 31.8. The number of halogens is 2.